The largest absolute Gasteiger partial charge is 0.508 e. The summed E-state index contributed by atoms with van der Waals surface area (Å²) in [5.41, 5.74) is 1.07. The van der Waals surface area contributed by atoms with Gasteiger partial charge in [-0.3, -0.25) is 4.90 Å². The van der Waals surface area contributed by atoms with Gasteiger partial charge in [0.2, 0.25) is 0 Å². The molecule has 0 amide bonds. The van der Waals surface area contributed by atoms with Crippen molar-refractivity contribution < 1.29 is 5.11 Å². The lowest BCUT2D eigenvalue weighted by molar-refractivity contribution is 0.201. The molecule has 0 spiro atoms. The molecule has 0 saturated carbocycles. The minimum Gasteiger partial charge on any atom is -0.508 e. The van der Waals surface area contributed by atoms with Crippen molar-refractivity contribution in [1.29, 1.82) is 0 Å². The van der Waals surface area contributed by atoms with Crippen LogP contribution in [0.25, 0.3) is 0 Å². The Labute approximate surface area is 103 Å². The fourth-order valence-electron chi connectivity index (χ4n) is 2.62. The van der Waals surface area contributed by atoms with E-state index in [1.54, 1.807) is 6.07 Å². The van der Waals surface area contributed by atoms with E-state index < -0.39 is 0 Å². The topological polar surface area (TPSA) is 35.5 Å². The molecule has 1 atom stereocenters. The van der Waals surface area contributed by atoms with Crippen molar-refractivity contribution in [3.8, 4) is 5.75 Å². The lowest BCUT2D eigenvalue weighted by atomic mass is 10.0. The maximum absolute atomic E-state index is 9.97. The third-order valence-corrected chi connectivity index (χ3v) is 3.50. The number of nitrogens with zero attached hydrogens (tertiary/aromatic N) is 1. The van der Waals surface area contributed by atoms with Gasteiger partial charge < -0.3 is 10.4 Å². The summed E-state index contributed by atoms with van der Waals surface area (Å²) < 4.78 is 0. The molecule has 1 unspecified atom stereocenters. The summed E-state index contributed by atoms with van der Waals surface area (Å²) in [5, 5.41) is 13.4. The first-order valence-corrected chi connectivity index (χ1v) is 6.55. The summed E-state index contributed by atoms with van der Waals surface area (Å²) in [6.07, 6.45) is 2.22. The molecular weight excluding hydrogens is 212 g/mol. The van der Waals surface area contributed by atoms with Crippen LogP contribution in [0.4, 0.5) is 0 Å². The molecule has 94 valence electrons. The van der Waals surface area contributed by atoms with E-state index in [9.17, 15) is 5.11 Å². The predicted molar refractivity (Wildman–Crippen MR) is 70.2 cm³/mol. The van der Waals surface area contributed by atoms with Crippen LogP contribution >= 0.6 is 0 Å². The quantitative estimate of drug-likeness (QED) is 0.841. The molecule has 1 heterocycles. The van der Waals surface area contributed by atoms with Crippen LogP contribution in [-0.4, -0.2) is 36.2 Å². The maximum Gasteiger partial charge on any atom is 0.120 e. The van der Waals surface area contributed by atoms with Crippen LogP contribution < -0.4 is 5.32 Å². The van der Waals surface area contributed by atoms with Crippen LogP contribution in [0.15, 0.2) is 24.3 Å². The molecule has 17 heavy (non-hydrogen) atoms. The third-order valence-electron chi connectivity index (χ3n) is 3.50. The molecular formula is C14H22N2O. The van der Waals surface area contributed by atoms with E-state index in [0.29, 0.717) is 11.8 Å². The summed E-state index contributed by atoms with van der Waals surface area (Å²) in [6.45, 7) is 6.51. The Kier molecular flexibility index (Phi) is 4.40. The van der Waals surface area contributed by atoms with Crippen LogP contribution in [0.2, 0.25) is 0 Å². The first-order valence-electron chi connectivity index (χ1n) is 6.55. The van der Waals surface area contributed by atoms with Crippen LogP contribution in [0.1, 0.15) is 31.4 Å². The summed E-state index contributed by atoms with van der Waals surface area (Å²) in [4.78, 5) is 2.48. The number of nitrogens with one attached hydrogen (secondary N) is 1. The Bertz CT molecular complexity index is 346. The van der Waals surface area contributed by atoms with Gasteiger partial charge in [0.05, 0.1) is 0 Å². The van der Waals surface area contributed by atoms with Crippen LogP contribution in [-0.2, 0) is 0 Å². The van der Waals surface area contributed by atoms with Crippen molar-refractivity contribution in [3.63, 3.8) is 0 Å². The van der Waals surface area contributed by atoms with E-state index >= 15 is 0 Å². The fourth-order valence-corrected chi connectivity index (χ4v) is 2.62. The number of benzene rings is 1. The second-order valence-corrected chi connectivity index (χ2v) is 4.62. The van der Waals surface area contributed by atoms with Gasteiger partial charge in [0.1, 0.15) is 5.75 Å². The second kappa shape index (κ2) is 6.03. The molecule has 0 aromatic heterocycles. The summed E-state index contributed by atoms with van der Waals surface area (Å²) in [7, 11) is 0. The van der Waals surface area contributed by atoms with Gasteiger partial charge in [-0.2, -0.15) is 0 Å². The number of phenolic OH excluding ortho intramolecular Hbond substituents is 1. The molecule has 0 bridgehead atoms. The summed E-state index contributed by atoms with van der Waals surface area (Å²) in [6, 6.07) is 8.07. The number of hydrogen-bond acceptors (Lipinski definition) is 3. The molecule has 0 radical (unpaired) electrons. The van der Waals surface area contributed by atoms with E-state index in [0.717, 1.165) is 38.2 Å². The van der Waals surface area contributed by atoms with E-state index in [4.69, 9.17) is 0 Å². The highest BCUT2D eigenvalue weighted by Crippen LogP contribution is 2.30. The number of rotatable bonds is 3. The molecule has 1 aromatic rings. The molecule has 3 heteroatoms. The van der Waals surface area contributed by atoms with E-state index in [1.807, 2.05) is 18.2 Å². The van der Waals surface area contributed by atoms with Gasteiger partial charge in [-0.1, -0.05) is 25.1 Å². The lowest BCUT2D eigenvalue weighted by Gasteiger charge is -2.30. The van der Waals surface area contributed by atoms with Crippen molar-refractivity contribution in [2.45, 2.75) is 25.8 Å². The minimum absolute atomic E-state index is 0.344. The van der Waals surface area contributed by atoms with Gasteiger partial charge in [0, 0.05) is 31.2 Å². The van der Waals surface area contributed by atoms with Crippen LogP contribution in [0.3, 0.4) is 0 Å². The molecule has 1 fully saturated rings. The first-order chi connectivity index (χ1) is 8.33. The van der Waals surface area contributed by atoms with Crippen LogP contribution in [0.5, 0.6) is 5.75 Å². The van der Waals surface area contributed by atoms with Gasteiger partial charge in [0.15, 0.2) is 0 Å². The van der Waals surface area contributed by atoms with Crippen molar-refractivity contribution in [3.05, 3.63) is 29.8 Å². The maximum atomic E-state index is 9.97. The van der Waals surface area contributed by atoms with Crippen LogP contribution in [0, 0.1) is 0 Å². The molecule has 3 nitrogen and oxygen atoms in total. The monoisotopic (exact) mass is 234 g/mol. The lowest BCUT2D eigenvalue weighted by Crippen LogP contribution is -2.32. The smallest absolute Gasteiger partial charge is 0.120 e. The highest BCUT2D eigenvalue weighted by Gasteiger charge is 2.21. The first kappa shape index (κ1) is 12.4. The highest BCUT2D eigenvalue weighted by molar-refractivity contribution is 5.34. The Morgan fingerprint density at radius 2 is 2.12 bits per heavy atom. The predicted octanol–water partition coefficient (Wildman–Crippen LogP) is 2.14. The number of aromatic hydroxyl groups is 1. The van der Waals surface area contributed by atoms with Crippen molar-refractivity contribution >= 4 is 0 Å². The second-order valence-electron chi connectivity index (χ2n) is 4.62. The van der Waals surface area contributed by atoms with Gasteiger partial charge in [0.25, 0.3) is 0 Å². The van der Waals surface area contributed by atoms with E-state index in [2.05, 4.69) is 17.1 Å². The van der Waals surface area contributed by atoms with E-state index in [-0.39, 0.29) is 0 Å². The average Bonchev–Trinajstić information content (AvgIpc) is 2.62. The van der Waals surface area contributed by atoms with Gasteiger partial charge >= 0.3 is 0 Å². The zero-order chi connectivity index (χ0) is 12.1. The normalized spacial score (nSPS) is 19.8. The molecule has 1 saturated heterocycles. The number of para-hydroxylation sites is 1. The van der Waals surface area contributed by atoms with Crippen molar-refractivity contribution in [2.24, 2.45) is 0 Å². The summed E-state index contributed by atoms with van der Waals surface area (Å²) in [5.74, 6) is 0.427. The Morgan fingerprint density at radius 1 is 1.29 bits per heavy atom. The van der Waals surface area contributed by atoms with Crippen molar-refractivity contribution in [1.82, 2.24) is 10.2 Å². The molecule has 1 aromatic carbocycles. The zero-order valence-electron chi connectivity index (χ0n) is 10.5. The van der Waals surface area contributed by atoms with E-state index in [1.165, 1.54) is 6.42 Å². The average molecular weight is 234 g/mol. The zero-order valence-corrected chi connectivity index (χ0v) is 10.5. The van der Waals surface area contributed by atoms with Gasteiger partial charge in [-0.25, -0.2) is 0 Å². The Hall–Kier alpha value is -1.06. The SMILES string of the molecule is CCC(c1ccccc1O)N1CCCNCC1. The number of hydrogen-bond donors (Lipinski definition) is 2. The Balaban J connectivity index is 2.17. The summed E-state index contributed by atoms with van der Waals surface area (Å²) >= 11 is 0. The van der Waals surface area contributed by atoms with Crippen molar-refractivity contribution in [2.75, 3.05) is 26.2 Å². The Morgan fingerprint density at radius 3 is 2.88 bits per heavy atom. The molecule has 2 rings (SSSR count). The molecule has 0 aliphatic carbocycles. The van der Waals surface area contributed by atoms with Gasteiger partial charge in [-0.05, 0) is 25.5 Å². The highest BCUT2D eigenvalue weighted by atomic mass is 16.3. The standard InChI is InChI=1S/C14H22N2O/c1-2-13(12-6-3-4-7-14(12)17)16-10-5-8-15-9-11-16/h3-4,6-7,13,15,17H,2,5,8-11H2,1H3. The molecule has 1 aliphatic heterocycles. The third kappa shape index (κ3) is 2.99. The minimum atomic E-state index is 0.344. The number of phenols is 1. The fraction of sp³-hybridized carbons (Fsp3) is 0.571. The molecule has 2 N–H and O–H groups in total. The van der Waals surface area contributed by atoms with Gasteiger partial charge in [-0.15, -0.1) is 0 Å². The molecule has 1 aliphatic rings.